The predicted molar refractivity (Wildman–Crippen MR) is 82.1 cm³/mol. The highest BCUT2D eigenvalue weighted by atomic mass is 32.1. The largest absolute Gasteiger partial charge is 0.393 e. The van der Waals surface area contributed by atoms with Gasteiger partial charge in [0.2, 0.25) is 0 Å². The molecule has 1 aromatic carbocycles. The monoisotopic (exact) mass is 268 g/mol. The number of benzene rings is 1. The Hall–Kier alpha value is -1.74. The second-order valence-corrected chi connectivity index (χ2v) is 5.45. The molecule has 0 fully saturated rings. The number of nitrogens with two attached hydrogens (primary N) is 1. The minimum atomic E-state index is 0.156. The molecule has 1 atom stereocenters. The van der Waals surface area contributed by atoms with Gasteiger partial charge in [-0.25, -0.2) is 0 Å². The fourth-order valence-corrected chi connectivity index (χ4v) is 2.96. The van der Waals surface area contributed by atoms with Crippen molar-refractivity contribution in [3.63, 3.8) is 0 Å². The van der Waals surface area contributed by atoms with E-state index in [0.29, 0.717) is 4.99 Å². The third-order valence-electron chi connectivity index (χ3n) is 3.72. The van der Waals surface area contributed by atoms with Crippen LogP contribution >= 0.6 is 12.2 Å². The minimum absolute atomic E-state index is 0.156. The van der Waals surface area contributed by atoms with Crippen molar-refractivity contribution in [2.75, 3.05) is 0 Å². The minimum Gasteiger partial charge on any atom is -0.393 e. The van der Waals surface area contributed by atoms with Crippen LogP contribution in [0.2, 0.25) is 0 Å². The van der Waals surface area contributed by atoms with E-state index in [1.807, 2.05) is 24.4 Å². The Morgan fingerprint density at radius 3 is 2.74 bits per heavy atom. The lowest BCUT2D eigenvalue weighted by Crippen LogP contribution is -2.24. The van der Waals surface area contributed by atoms with Crippen molar-refractivity contribution in [1.82, 2.24) is 4.98 Å². The highest BCUT2D eigenvalue weighted by Gasteiger charge is 2.24. The molecule has 96 valence electrons. The second kappa shape index (κ2) is 5.10. The highest BCUT2D eigenvalue weighted by Crippen LogP contribution is 2.32. The Kier molecular flexibility index (Phi) is 3.30. The van der Waals surface area contributed by atoms with E-state index in [-0.39, 0.29) is 5.92 Å². The lowest BCUT2D eigenvalue weighted by atomic mass is 9.85. The highest BCUT2D eigenvalue weighted by molar-refractivity contribution is 7.80. The molecule has 0 radical (unpaired) electrons. The van der Waals surface area contributed by atoms with Crippen LogP contribution in [-0.4, -0.2) is 9.97 Å². The van der Waals surface area contributed by atoms with E-state index in [4.69, 9.17) is 18.0 Å². The smallest absolute Gasteiger partial charge is 0.0819 e. The van der Waals surface area contributed by atoms with Gasteiger partial charge in [0.05, 0.1) is 16.6 Å². The second-order valence-electron chi connectivity index (χ2n) is 4.98. The predicted octanol–water partition coefficient (Wildman–Crippen LogP) is 3.45. The topological polar surface area (TPSA) is 38.9 Å². The molecule has 3 rings (SSSR count). The molecule has 0 bridgehead atoms. The summed E-state index contributed by atoms with van der Waals surface area (Å²) >= 11 is 5.16. The Labute approximate surface area is 118 Å². The summed E-state index contributed by atoms with van der Waals surface area (Å²) in [6.45, 7) is 0. The molecule has 1 heterocycles. The number of rotatable bonds is 2. The summed E-state index contributed by atoms with van der Waals surface area (Å²) in [5.74, 6) is 0.156. The fraction of sp³-hybridized carbons (Fsp3) is 0.250. The van der Waals surface area contributed by atoms with E-state index in [0.717, 1.165) is 25.0 Å². The van der Waals surface area contributed by atoms with Crippen molar-refractivity contribution < 1.29 is 0 Å². The summed E-state index contributed by atoms with van der Waals surface area (Å²) in [6.07, 6.45) is 5.17. The summed E-state index contributed by atoms with van der Waals surface area (Å²) in [7, 11) is 0. The maximum atomic E-state index is 5.82. The van der Waals surface area contributed by atoms with Crippen LogP contribution in [0, 0.1) is 0 Å². The van der Waals surface area contributed by atoms with Crippen LogP contribution in [0.4, 0.5) is 0 Å². The van der Waals surface area contributed by atoms with Crippen LogP contribution in [0.15, 0.2) is 42.6 Å². The van der Waals surface area contributed by atoms with E-state index in [2.05, 4.69) is 23.2 Å². The molecule has 2 N–H and O–H groups in total. The van der Waals surface area contributed by atoms with Crippen molar-refractivity contribution in [3.8, 4) is 11.1 Å². The molecule has 0 amide bonds. The van der Waals surface area contributed by atoms with Crippen molar-refractivity contribution in [2.45, 2.75) is 25.2 Å². The number of hydrogen-bond donors (Lipinski definition) is 1. The van der Waals surface area contributed by atoms with Crippen molar-refractivity contribution in [3.05, 3.63) is 53.9 Å². The lowest BCUT2D eigenvalue weighted by molar-refractivity contribution is 0.634. The zero-order chi connectivity index (χ0) is 13.2. The average Bonchev–Trinajstić information content (AvgIpc) is 2.47. The Morgan fingerprint density at radius 2 is 2.00 bits per heavy atom. The van der Waals surface area contributed by atoms with Crippen molar-refractivity contribution in [1.29, 1.82) is 0 Å². The normalized spacial score (nSPS) is 17.8. The number of hydrogen-bond acceptors (Lipinski definition) is 2. The first-order valence-electron chi connectivity index (χ1n) is 6.59. The molecule has 2 nitrogen and oxygen atoms in total. The third kappa shape index (κ3) is 2.38. The molecular formula is C16H16N2S. The average molecular weight is 268 g/mol. The SMILES string of the molecule is NC(=S)C1CCCc2cc(-c3ccccc3)cnc21. The van der Waals surface area contributed by atoms with E-state index in [1.165, 1.54) is 16.7 Å². The Morgan fingerprint density at radius 1 is 1.21 bits per heavy atom. The summed E-state index contributed by atoms with van der Waals surface area (Å²) in [4.78, 5) is 5.20. The first-order valence-corrected chi connectivity index (χ1v) is 7.00. The molecule has 2 aromatic rings. The van der Waals surface area contributed by atoms with Gasteiger partial charge in [0, 0.05) is 11.8 Å². The number of aromatic nitrogens is 1. The third-order valence-corrected chi connectivity index (χ3v) is 4.01. The number of fused-ring (bicyclic) bond motifs is 1. The van der Waals surface area contributed by atoms with Gasteiger partial charge < -0.3 is 5.73 Å². The van der Waals surface area contributed by atoms with Crippen LogP contribution in [0.3, 0.4) is 0 Å². The van der Waals surface area contributed by atoms with Gasteiger partial charge in [-0.05, 0) is 36.5 Å². The quantitative estimate of drug-likeness (QED) is 0.848. The molecule has 1 unspecified atom stereocenters. The van der Waals surface area contributed by atoms with E-state index in [1.54, 1.807) is 0 Å². The van der Waals surface area contributed by atoms with Crippen LogP contribution in [0.1, 0.15) is 30.0 Å². The summed E-state index contributed by atoms with van der Waals surface area (Å²) < 4.78 is 0. The first-order chi connectivity index (χ1) is 9.25. The standard InChI is InChI=1S/C16H16N2S/c17-16(19)14-8-4-7-12-9-13(10-18-15(12)14)11-5-2-1-3-6-11/h1-3,5-6,9-10,14H,4,7-8H2,(H2,17,19). The molecule has 1 aliphatic carbocycles. The van der Waals surface area contributed by atoms with Crippen molar-refractivity contribution in [2.24, 2.45) is 5.73 Å². The fourth-order valence-electron chi connectivity index (χ4n) is 2.73. The van der Waals surface area contributed by atoms with Gasteiger partial charge >= 0.3 is 0 Å². The van der Waals surface area contributed by atoms with Crippen LogP contribution in [-0.2, 0) is 6.42 Å². The molecule has 0 saturated carbocycles. The number of pyridine rings is 1. The maximum Gasteiger partial charge on any atom is 0.0819 e. The van der Waals surface area contributed by atoms with Gasteiger partial charge in [0.15, 0.2) is 0 Å². The zero-order valence-electron chi connectivity index (χ0n) is 10.7. The summed E-state index contributed by atoms with van der Waals surface area (Å²) in [6, 6.07) is 12.6. The van der Waals surface area contributed by atoms with Crippen LogP contribution in [0.5, 0.6) is 0 Å². The molecule has 3 heteroatoms. The van der Waals surface area contributed by atoms with Gasteiger partial charge in [-0.15, -0.1) is 0 Å². The number of nitrogens with zero attached hydrogens (tertiary/aromatic N) is 1. The van der Waals surface area contributed by atoms with Crippen molar-refractivity contribution >= 4 is 17.2 Å². The molecule has 0 spiro atoms. The Balaban J connectivity index is 2.03. The summed E-state index contributed by atoms with van der Waals surface area (Å²) in [5.41, 5.74) is 10.6. The molecule has 0 saturated heterocycles. The first kappa shape index (κ1) is 12.3. The Bertz CT molecular complexity index is 607. The van der Waals surface area contributed by atoms with Crippen LogP contribution in [0.25, 0.3) is 11.1 Å². The summed E-state index contributed by atoms with van der Waals surface area (Å²) in [5, 5.41) is 0. The van der Waals surface area contributed by atoms with Gasteiger partial charge in [0.25, 0.3) is 0 Å². The number of aryl methyl sites for hydroxylation is 1. The number of thiocarbonyl (C=S) groups is 1. The van der Waals surface area contributed by atoms with Crippen LogP contribution < -0.4 is 5.73 Å². The van der Waals surface area contributed by atoms with E-state index in [9.17, 15) is 0 Å². The molecule has 19 heavy (non-hydrogen) atoms. The molecule has 0 aliphatic heterocycles. The molecule has 1 aliphatic rings. The lowest BCUT2D eigenvalue weighted by Gasteiger charge is -2.23. The van der Waals surface area contributed by atoms with Gasteiger partial charge in [0.1, 0.15) is 0 Å². The van der Waals surface area contributed by atoms with Gasteiger partial charge in [-0.1, -0.05) is 42.5 Å². The maximum absolute atomic E-state index is 5.82. The molecular weight excluding hydrogens is 252 g/mol. The zero-order valence-corrected chi connectivity index (χ0v) is 11.5. The van der Waals surface area contributed by atoms with Gasteiger partial charge in [-0.3, -0.25) is 4.98 Å². The molecule has 1 aromatic heterocycles. The van der Waals surface area contributed by atoms with E-state index < -0.39 is 0 Å². The van der Waals surface area contributed by atoms with E-state index >= 15 is 0 Å². The van der Waals surface area contributed by atoms with Gasteiger partial charge in [-0.2, -0.15) is 0 Å².